The van der Waals surface area contributed by atoms with Crippen LogP contribution in [0.15, 0.2) is 18.3 Å². The topological polar surface area (TPSA) is 156 Å². The van der Waals surface area contributed by atoms with E-state index in [9.17, 15) is 9.59 Å². The summed E-state index contributed by atoms with van der Waals surface area (Å²) in [5.41, 5.74) is 9.28. The average Bonchev–Trinajstić information content (AvgIpc) is 3.75. The van der Waals surface area contributed by atoms with Gasteiger partial charge in [-0.15, -0.1) is 5.10 Å². The maximum absolute atomic E-state index is 13.8. The van der Waals surface area contributed by atoms with Crippen LogP contribution >= 0.6 is 11.6 Å². The normalized spacial score (nSPS) is 21.2. The number of benzene rings is 1. The minimum absolute atomic E-state index is 0.0136. The molecular weight excluding hydrogens is 620 g/mol. The van der Waals surface area contributed by atoms with Gasteiger partial charge in [-0.25, -0.2) is 9.67 Å². The highest BCUT2D eigenvalue weighted by molar-refractivity contribution is 6.33. The van der Waals surface area contributed by atoms with Crippen molar-refractivity contribution >= 4 is 40.6 Å². The Bertz CT molecular complexity index is 1610. The van der Waals surface area contributed by atoms with Crippen molar-refractivity contribution in [1.29, 1.82) is 0 Å². The Morgan fingerprint density at radius 3 is 2.34 bits per heavy atom. The van der Waals surface area contributed by atoms with Gasteiger partial charge < -0.3 is 26.0 Å². The predicted octanol–water partition coefficient (Wildman–Crippen LogP) is 4.77. The van der Waals surface area contributed by atoms with Crippen molar-refractivity contribution in [1.82, 2.24) is 35.2 Å². The first kappa shape index (κ1) is 33.0. The molecule has 1 aromatic carbocycles. The molecule has 3 heterocycles. The van der Waals surface area contributed by atoms with E-state index in [2.05, 4.69) is 61.6 Å². The minimum Gasteiger partial charge on any atom is -0.472 e. The van der Waals surface area contributed by atoms with Crippen LogP contribution in [0.25, 0.3) is 5.69 Å². The lowest BCUT2D eigenvalue weighted by atomic mass is 9.95. The van der Waals surface area contributed by atoms with Gasteiger partial charge in [0.1, 0.15) is 6.10 Å². The number of ether oxygens (including phenoxy) is 1. The van der Waals surface area contributed by atoms with Gasteiger partial charge in [-0.05, 0) is 84.0 Å². The Balaban J connectivity index is 1.30. The fraction of sp³-hybridized carbons (Fsp3) is 0.576. The second-order valence-corrected chi connectivity index (χ2v) is 13.7. The minimum atomic E-state index is -0.556. The first-order valence-corrected chi connectivity index (χ1v) is 17.1. The molecule has 0 bridgehead atoms. The number of hydrogen-bond donors (Lipinski definition) is 3. The van der Waals surface area contributed by atoms with Crippen molar-refractivity contribution in [2.24, 2.45) is 0 Å². The van der Waals surface area contributed by atoms with Crippen molar-refractivity contribution in [2.45, 2.75) is 103 Å². The largest absolute Gasteiger partial charge is 0.472 e. The number of amides is 2. The zero-order valence-electron chi connectivity index (χ0n) is 27.6. The van der Waals surface area contributed by atoms with Gasteiger partial charge in [0.25, 0.3) is 17.7 Å². The first-order chi connectivity index (χ1) is 22.6. The highest BCUT2D eigenvalue weighted by Crippen LogP contribution is 2.35. The fourth-order valence-corrected chi connectivity index (χ4v) is 7.08. The van der Waals surface area contributed by atoms with Gasteiger partial charge in [-0.2, -0.15) is 4.98 Å². The number of anilines is 3. The SMILES string of the molecule is Cc1cc(N2C[C@@H](C)N(C)[C@@H](C)C2)c(NC(=O)c2nc(N)c(OC3CCCC3)nc2Cl)cc1-n1cc(C(=O)NC2CCCCC2)nn1. The lowest BCUT2D eigenvalue weighted by Crippen LogP contribution is -2.55. The van der Waals surface area contributed by atoms with Gasteiger partial charge in [0.2, 0.25) is 0 Å². The van der Waals surface area contributed by atoms with E-state index in [1.165, 1.54) is 6.42 Å². The second kappa shape index (κ2) is 14.0. The van der Waals surface area contributed by atoms with Crippen LogP contribution in [0, 0.1) is 6.92 Å². The van der Waals surface area contributed by atoms with E-state index < -0.39 is 5.91 Å². The third-order valence-electron chi connectivity index (χ3n) is 9.82. The molecule has 0 unspecified atom stereocenters. The first-order valence-electron chi connectivity index (χ1n) is 16.7. The number of halogens is 1. The number of carbonyl (C=O) groups is 2. The van der Waals surface area contributed by atoms with Gasteiger partial charge in [0, 0.05) is 31.2 Å². The van der Waals surface area contributed by atoms with Crippen LogP contribution in [0.1, 0.15) is 98.2 Å². The molecule has 2 saturated carbocycles. The molecule has 0 spiro atoms. The van der Waals surface area contributed by atoms with Crippen LogP contribution in [0.2, 0.25) is 5.15 Å². The summed E-state index contributed by atoms with van der Waals surface area (Å²) in [6.07, 6.45) is 11.0. The number of hydrogen-bond acceptors (Lipinski definition) is 10. The number of carbonyl (C=O) groups excluding carboxylic acids is 2. The van der Waals surface area contributed by atoms with E-state index in [1.807, 2.05) is 19.1 Å². The standard InChI is InChI=1S/C33H45ClN10O3/c1-19-14-27(43-16-20(2)42(4)21(3)17-43)24(15-26(19)44-18-25(40-41-44)31(45)36-22-10-6-5-7-11-22)37-32(46)28-29(34)39-33(30(35)38-28)47-23-12-8-9-13-23/h14-15,18,20-23H,5-13,16-17H2,1-4H3,(H2,35,38)(H,36,45)(H,37,46)/t20-,21+. The van der Waals surface area contributed by atoms with Gasteiger partial charge in [0.05, 0.1) is 23.3 Å². The Labute approximate surface area is 280 Å². The summed E-state index contributed by atoms with van der Waals surface area (Å²) in [6.45, 7) is 7.87. The number of nitrogens with zero attached hydrogens (tertiary/aromatic N) is 7. The van der Waals surface area contributed by atoms with Gasteiger partial charge in [-0.3, -0.25) is 14.5 Å². The summed E-state index contributed by atoms with van der Waals surface area (Å²) in [7, 11) is 2.13. The molecule has 47 heavy (non-hydrogen) atoms. The Kier molecular flexibility index (Phi) is 9.83. The zero-order valence-corrected chi connectivity index (χ0v) is 28.4. The number of nitrogens with one attached hydrogen (secondary N) is 2. The molecule has 0 radical (unpaired) electrons. The molecule has 2 atom stereocenters. The molecule has 3 fully saturated rings. The predicted molar refractivity (Wildman–Crippen MR) is 182 cm³/mol. The summed E-state index contributed by atoms with van der Waals surface area (Å²) in [5.74, 6) is -0.636. The molecule has 1 aliphatic heterocycles. The van der Waals surface area contributed by atoms with Crippen molar-refractivity contribution < 1.29 is 14.3 Å². The molecule has 3 aromatic rings. The third kappa shape index (κ3) is 7.30. The Hall–Kier alpha value is -3.97. The lowest BCUT2D eigenvalue weighted by molar-refractivity contribution is 0.0922. The molecule has 4 N–H and O–H groups in total. The Morgan fingerprint density at radius 1 is 0.957 bits per heavy atom. The molecule has 13 nitrogen and oxygen atoms in total. The summed E-state index contributed by atoms with van der Waals surface area (Å²) < 4.78 is 7.51. The van der Waals surface area contributed by atoms with E-state index in [0.717, 1.165) is 75.7 Å². The molecule has 2 amide bonds. The molecule has 14 heteroatoms. The van der Waals surface area contributed by atoms with Crippen LogP contribution in [0.3, 0.4) is 0 Å². The zero-order chi connectivity index (χ0) is 33.2. The van der Waals surface area contributed by atoms with Crippen LogP contribution in [-0.2, 0) is 0 Å². The van der Waals surface area contributed by atoms with Crippen molar-refractivity contribution in [2.75, 3.05) is 36.1 Å². The highest BCUT2D eigenvalue weighted by Gasteiger charge is 2.30. The van der Waals surface area contributed by atoms with E-state index in [-0.39, 0.29) is 58.4 Å². The maximum atomic E-state index is 13.8. The van der Waals surface area contributed by atoms with E-state index >= 15 is 0 Å². The quantitative estimate of drug-likeness (QED) is 0.307. The van der Waals surface area contributed by atoms with E-state index in [1.54, 1.807) is 10.9 Å². The van der Waals surface area contributed by atoms with Gasteiger partial charge in [0.15, 0.2) is 22.4 Å². The van der Waals surface area contributed by atoms with Gasteiger partial charge in [-0.1, -0.05) is 36.1 Å². The lowest BCUT2D eigenvalue weighted by Gasteiger charge is -2.44. The number of rotatable bonds is 8. The number of aromatic nitrogens is 5. The highest BCUT2D eigenvalue weighted by atomic mass is 35.5. The van der Waals surface area contributed by atoms with Crippen LogP contribution in [0.5, 0.6) is 5.88 Å². The van der Waals surface area contributed by atoms with Crippen molar-refractivity contribution in [3.05, 3.63) is 40.4 Å². The molecule has 6 rings (SSSR count). The number of aryl methyl sites for hydroxylation is 1. The van der Waals surface area contributed by atoms with Crippen molar-refractivity contribution in [3.8, 4) is 11.6 Å². The molecule has 252 valence electrons. The number of nitrogens with two attached hydrogens (primary N) is 1. The maximum Gasteiger partial charge on any atom is 0.277 e. The monoisotopic (exact) mass is 664 g/mol. The molecule has 2 aromatic heterocycles. The fourth-order valence-electron chi connectivity index (χ4n) is 6.87. The number of nitrogen functional groups attached to an aromatic ring is 1. The summed E-state index contributed by atoms with van der Waals surface area (Å²) in [6, 6.07) is 4.60. The van der Waals surface area contributed by atoms with E-state index in [4.69, 9.17) is 22.1 Å². The van der Waals surface area contributed by atoms with E-state index in [0.29, 0.717) is 11.4 Å². The average molecular weight is 665 g/mol. The summed E-state index contributed by atoms with van der Waals surface area (Å²) in [4.78, 5) is 40.0. The smallest absolute Gasteiger partial charge is 0.277 e. The third-order valence-corrected chi connectivity index (χ3v) is 10.1. The van der Waals surface area contributed by atoms with Crippen molar-refractivity contribution in [3.63, 3.8) is 0 Å². The number of likely N-dealkylation sites (N-methyl/N-ethyl adjacent to an activating group) is 1. The summed E-state index contributed by atoms with van der Waals surface area (Å²) in [5, 5.41) is 14.5. The van der Waals surface area contributed by atoms with Crippen LogP contribution < -0.4 is 26.0 Å². The molecule has 2 aliphatic carbocycles. The van der Waals surface area contributed by atoms with Gasteiger partial charge >= 0.3 is 0 Å². The molecule has 3 aliphatic rings. The number of piperazine rings is 1. The molecular formula is C33H45ClN10O3. The van der Waals surface area contributed by atoms with Crippen LogP contribution in [0.4, 0.5) is 17.2 Å². The Morgan fingerprint density at radius 2 is 1.64 bits per heavy atom. The second-order valence-electron chi connectivity index (χ2n) is 13.3. The van der Waals surface area contributed by atoms with Crippen LogP contribution in [-0.4, -0.2) is 86.0 Å². The summed E-state index contributed by atoms with van der Waals surface area (Å²) >= 11 is 6.50. The molecule has 1 saturated heterocycles.